The zero-order valence-electron chi connectivity index (χ0n) is 11.7. The fourth-order valence-electron chi connectivity index (χ4n) is 3.00. The zero-order chi connectivity index (χ0) is 15.1. The van der Waals surface area contributed by atoms with Gasteiger partial charge in [-0.1, -0.05) is 66.2 Å². The van der Waals surface area contributed by atoms with E-state index in [2.05, 4.69) is 24.3 Å². The van der Waals surface area contributed by atoms with Gasteiger partial charge < -0.3 is 0 Å². The van der Waals surface area contributed by atoms with Crippen LogP contribution in [0.4, 0.5) is 4.39 Å². The molecule has 0 amide bonds. The molecule has 0 saturated carbocycles. The van der Waals surface area contributed by atoms with E-state index in [0.29, 0.717) is 10.6 Å². The Morgan fingerprint density at radius 3 is 1.77 bits per heavy atom. The summed E-state index contributed by atoms with van der Waals surface area (Å²) in [4.78, 5) is 0. The highest BCUT2D eigenvalue weighted by atomic mass is 35.5. The van der Waals surface area contributed by atoms with Crippen LogP contribution in [0.2, 0.25) is 5.02 Å². The molecule has 0 aromatic heterocycles. The van der Waals surface area contributed by atoms with Crippen molar-refractivity contribution in [1.82, 2.24) is 0 Å². The first-order valence-corrected chi connectivity index (χ1v) is 7.48. The molecule has 0 N–H and O–H groups in total. The molecular formula is C20H12ClF. The summed E-state index contributed by atoms with van der Waals surface area (Å²) < 4.78 is 14.1. The molecule has 0 atom stereocenters. The lowest BCUT2D eigenvalue weighted by Gasteiger charge is -2.05. The summed E-state index contributed by atoms with van der Waals surface area (Å²) in [5.74, 6) is -0.304. The molecule has 3 aromatic carbocycles. The van der Waals surface area contributed by atoms with Crippen LogP contribution in [0.5, 0.6) is 0 Å². The molecule has 1 aliphatic rings. The van der Waals surface area contributed by atoms with Crippen molar-refractivity contribution in [3.63, 3.8) is 0 Å². The summed E-state index contributed by atoms with van der Waals surface area (Å²) in [6, 6.07) is 21.1. The van der Waals surface area contributed by atoms with Gasteiger partial charge in [0.25, 0.3) is 0 Å². The summed E-state index contributed by atoms with van der Waals surface area (Å²) in [5.41, 5.74) is 6.03. The number of hydrogen-bond acceptors (Lipinski definition) is 0. The van der Waals surface area contributed by atoms with Crippen LogP contribution in [0.1, 0.15) is 16.7 Å². The van der Waals surface area contributed by atoms with Crippen molar-refractivity contribution in [2.24, 2.45) is 0 Å². The topological polar surface area (TPSA) is 0 Å². The molecule has 0 radical (unpaired) electrons. The Bertz CT molecular complexity index is 841. The van der Waals surface area contributed by atoms with Crippen LogP contribution in [0.3, 0.4) is 0 Å². The van der Waals surface area contributed by atoms with Gasteiger partial charge in [-0.2, -0.15) is 0 Å². The first-order chi connectivity index (χ1) is 10.8. The van der Waals surface area contributed by atoms with E-state index in [0.717, 1.165) is 16.7 Å². The van der Waals surface area contributed by atoms with Crippen molar-refractivity contribution in [3.05, 3.63) is 94.3 Å². The van der Waals surface area contributed by atoms with Gasteiger partial charge in [-0.3, -0.25) is 0 Å². The summed E-state index contributed by atoms with van der Waals surface area (Å²) in [6.45, 7) is 0. The molecule has 22 heavy (non-hydrogen) atoms. The third-order valence-electron chi connectivity index (χ3n) is 4.01. The molecule has 0 saturated heterocycles. The first kappa shape index (κ1) is 13.3. The summed E-state index contributed by atoms with van der Waals surface area (Å²) in [7, 11) is 0. The second-order valence-corrected chi connectivity index (χ2v) is 5.69. The van der Waals surface area contributed by atoms with E-state index >= 15 is 0 Å². The molecule has 0 aliphatic heterocycles. The Morgan fingerprint density at radius 2 is 1.23 bits per heavy atom. The van der Waals surface area contributed by atoms with E-state index in [9.17, 15) is 4.39 Å². The quantitative estimate of drug-likeness (QED) is 0.401. The minimum absolute atomic E-state index is 0.304. The number of benzene rings is 3. The van der Waals surface area contributed by atoms with E-state index in [1.165, 1.54) is 17.2 Å². The van der Waals surface area contributed by atoms with Crippen molar-refractivity contribution < 1.29 is 4.39 Å². The highest BCUT2D eigenvalue weighted by molar-refractivity contribution is 6.32. The molecule has 3 aromatic rings. The van der Waals surface area contributed by atoms with Crippen molar-refractivity contribution in [3.8, 4) is 11.1 Å². The first-order valence-electron chi connectivity index (χ1n) is 7.10. The normalized spacial score (nSPS) is 12.0. The van der Waals surface area contributed by atoms with Gasteiger partial charge in [0.05, 0.1) is 5.02 Å². The van der Waals surface area contributed by atoms with Crippen LogP contribution < -0.4 is 0 Å². The number of fused-ring (bicyclic) bond motifs is 3. The maximum atomic E-state index is 14.1. The largest absolute Gasteiger partial charge is 0.206 e. The van der Waals surface area contributed by atoms with Gasteiger partial charge in [0.1, 0.15) is 5.82 Å². The Hall–Kier alpha value is -2.38. The van der Waals surface area contributed by atoms with Crippen LogP contribution in [0.25, 0.3) is 22.8 Å². The molecule has 0 unspecified atom stereocenters. The van der Waals surface area contributed by atoms with Gasteiger partial charge >= 0.3 is 0 Å². The fourth-order valence-corrected chi connectivity index (χ4v) is 3.22. The van der Waals surface area contributed by atoms with E-state index in [4.69, 9.17) is 11.6 Å². The Kier molecular flexibility index (Phi) is 3.09. The van der Waals surface area contributed by atoms with Crippen LogP contribution in [-0.4, -0.2) is 0 Å². The molecule has 1 aliphatic carbocycles. The van der Waals surface area contributed by atoms with Crippen LogP contribution >= 0.6 is 11.6 Å². The molecule has 0 heterocycles. The molecule has 2 heteroatoms. The Morgan fingerprint density at radius 1 is 0.682 bits per heavy atom. The van der Waals surface area contributed by atoms with Crippen molar-refractivity contribution in [1.29, 1.82) is 0 Å². The predicted molar refractivity (Wildman–Crippen MR) is 90.3 cm³/mol. The van der Waals surface area contributed by atoms with Gasteiger partial charge in [-0.25, -0.2) is 4.39 Å². The Balaban J connectivity index is 2.01. The molecule has 0 bridgehead atoms. The number of halogens is 2. The smallest absolute Gasteiger partial charge is 0.131 e. The Labute approximate surface area is 133 Å². The van der Waals surface area contributed by atoms with Gasteiger partial charge in [0.2, 0.25) is 0 Å². The lowest BCUT2D eigenvalue weighted by Crippen LogP contribution is -1.87. The second kappa shape index (κ2) is 5.11. The lowest BCUT2D eigenvalue weighted by atomic mass is 10.0. The third-order valence-corrected chi connectivity index (χ3v) is 4.34. The maximum Gasteiger partial charge on any atom is 0.131 e. The molecule has 0 fully saturated rings. The molecular weight excluding hydrogens is 295 g/mol. The van der Waals surface area contributed by atoms with Crippen LogP contribution in [0.15, 0.2) is 66.7 Å². The number of hydrogen-bond donors (Lipinski definition) is 0. The van der Waals surface area contributed by atoms with Gasteiger partial charge in [0, 0.05) is 5.56 Å². The minimum Gasteiger partial charge on any atom is -0.206 e. The van der Waals surface area contributed by atoms with Crippen LogP contribution in [-0.2, 0) is 0 Å². The fraction of sp³-hybridized carbons (Fsp3) is 0. The zero-order valence-corrected chi connectivity index (χ0v) is 12.4. The summed E-state index contributed by atoms with van der Waals surface area (Å²) in [5, 5.41) is 0.425. The summed E-state index contributed by atoms with van der Waals surface area (Å²) >= 11 is 6.18. The summed E-state index contributed by atoms with van der Waals surface area (Å²) in [6.07, 6.45) is 1.85. The van der Waals surface area contributed by atoms with Crippen molar-refractivity contribution >= 4 is 23.3 Å². The number of rotatable bonds is 1. The molecule has 0 spiro atoms. The highest BCUT2D eigenvalue weighted by Crippen LogP contribution is 2.45. The molecule has 0 nitrogen and oxygen atoms in total. The average molecular weight is 307 g/mol. The monoisotopic (exact) mass is 306 g/mol. The van der Waals surface area contributed by atoms with Gasteiger partial charge in [-0.05, 0) is 46.0 Å². The average Bonchev–Trinajstić information content (AvgIpc) is 2.86. The van der Waals surface area contributed by atoms with E-state index in [1.54, 1.807) is 12.1 Å². The van der Waals surface area contributed by atoms with E-state index < -0.39 is 0 Å². The van der Waals surface area contributed by atoms with Gasteiger partial charge in [-0.15, -0.1) is 0 Å². The van der Waals surface area contributed by atoms with Crippen LogP contribution in [0, 0.1) is 5.82 Å². The second-order valence-electron chi connectivity index (χ2n) is 5.28. The predicted octanol–water partition coefficient (Wildman–Crippen LogP) is 6.05. The minimum atomic E-state index is -0.304. The SMILES string of the molecule is Fc1cccc(Cl)c1C=C1c2ccccc2-c2ccccc21. The van der Waals surface area contributed by atoms with Crippen molar-refractivity contribution in [2.75, 3.05) is 0 Å². The molecule has 4 rings (SSSR count). The lowest BCUT2D eigenvalue weighted by molar-refractivity contribution is 0.625. The maximum absolute atomic E-state index is 14.1. The standard InChI is InChI=1S/C20H12ClF/c21-19-10-5-11-20(22)18(19)12-17-15-8-3-1-6-13(15)14-7-2-4-9-16(14)17/h1-12H. The third kappa shape index (κ3) is 1.98. The van der Waals surface area contributed by atoms with Crippen molar-refractivity contribution in [2.45, 2.75) is 0 Å². The van der Waals surface area contributed by atoms with Gasteiger partial charge in [0.15, 0.2) is 0 Å². The molecule has 106 valence electrons. The van der Waals surface area contributed by atoms with E-state index in [1.807, 2.05) is 30.3 Å². The highest BCUT2D eigenvalue weighted by Gasteiger charge is 2.22. The van der Waals surface area contributed by atoms with E-state index in [-0.39, 0.29) is 5.82 Å².